The molecule has 1 aromatic heterocycles. The van der Waals surface area contributed by atoms with Gasteiger partial charge in [0.25, 0.3) is 0 Å². The number of aryl methyl sites for hydroxylation is 1. The van der Waals surface area contributed by atoms with Gasteiger partial charge in [0.15, 0.2) is 11.6 Å². The first-order valence-electron chi connectivity index (χ1n) is 3.32. The Hall–Kier alpha value is -1.52. The second-order valence-corrected chi connectivity index (χ2v) is 2.18. The summed E-state index contributed by atoms with van der Waals surface area (Å²) >= 11 is 0. The Kier molecular flexibility index (Phi) is 1.80. The first kappa shape index (κ1) is 7.59. The molecule has 0 atom stereocenters. The zero-order chi connectivity index (χ0) is 8.43. The molecule has 0 aliphatic heterocycles. The topological polar surface area (TPSA) is 104 Å². The standard InChI is InChI=1S/C6H11N5/c1-2-3-4(7)11-6(9)5(8)10-3/h2H2,1H3,(H2,8,10)(H4,7,9,11). The van der Waals surface area contributed by atoms with Crippen LogP contribution in [0.3, 0.4) is 0 Å². The lowest BCUT2D eigenvalue weighted by Crippen LogP contribution is -2.07. The van der Waals surface area contributed by atoms with E-state index >= 15 is 0 Å². The van der Waals surface area contributed by atoms with Crippen molar-refractivity contribution in [1.29, 1.82) is 0 Å². The summed E-state index contributed by atoms with van der Waals surface area (Å²) in [5.74, 6) is 0.801. The SMILES string of the molecule is CCc1nc(N)c(N)nc1N. The van der Waals surface area contributed by atoms with Crippen LogP contribution in [0.5, 0.6) is 0 Å². The number of nitrogens with two attached hydrogens (primary N) is 3. The van der Waals surface area contributed by atoms with Gasteiger partial charge in [-0.15, -0.1) is 0 Å². The van der Waals surface area contributed by atoms with Gasteiger partial charge in [0.2, 0.25) is 0 Å². The van der Waals surface area contributed by atoms with Crippen molar-refractivity contribution >= 4 is 17.5 Å². The van der Waals surface area contributed by atoms with Gasteiger partial charge in [0.05, 0.1) is 5.69 Å². The maximum atomic E-state index is 5.49. The van der Waals surface area contributed by atoms with Crippen LogP contribution in [-0.2, 0) is 6.42 Å². The number of hydrogen-bond donors (Lipinski definition) is 3. The number of anilines is 3. The molecule has 0 saturated carbocycles. The average molecular weight is 153 g/mol. The van der Waals surface area contributed by atoms with Gasteiger partial charge in [0.1, 0.15) is 5.82 Å². The van der Waals surface area contributed by atoms with Crippen LogP contribution in [0.2, 0.25) is 0 Å². The summed E-state index contributed by atoms with van der Waals surface area (Å²) in [6.45, 7) is 1.93. The van der Waals surface area contributed by atoms with Gasteiger partial charge in [-0.1, -0.05) is 6.92 Å². The van der Waals surface area contributed by atoms with Crippen molar-refractivity contribution in [3.63, 3.8) is 0 Å². The molecule has 0 unspecified atom stereocenters. The number of hydrogen-bond acceptors (Lipinski definition) is 5. The van der Waals surface area contributed by atoms with Gasteiger partial charge in [-0.3, -0.25) is 0 Å². The van der Waals surface area contributed by atoms with Crippen molar-refractivity contribution in [1.82, 2.24) is 9.97 Å². The molecule has 0 bridgehead atoms. The maximum absolute atomic E-state index is 5.49. The van der Waals surface area contributed by atoms with Crippen LogP contribution in [0.1, 0.15) is 12.6 Å². The molecule has 0 saturated heterocycles. The van der Waals surface area contributed by atoms with E-state index in [0.717, 1.165) is 0 Å². The van der Waals surface area contributed by atoms with E-state index in [1.165, 1.54) is 0 Å². The van der Waals surface area contributed by atoms with Crippen molar-refractivity contribution in [2.75, 3.05) is 17.2 Å². The summed E-state index contributed by atoms with van der Waals surface area (Å²) in [7, 11) is 0. The van der Waals surface area contributed by atoms with E-state index in [2.05, 4.69) is 9.97 Å². The highest BCUT2D eigenvalue weighted by Gasteiger charge is 2.03. The van der Waals surface area contributed by atoms with E-state index in [9.17, 15) is 0 Å². The number of nitrogens with zero attached hydrogens (tertiary/aromatic N) is 2. The quantitative estimate of drug-likeness (QED) is 0.517. The fraction of sp³-hybridized carbons (Fsp3) is 0.333. The Balaban J connectivity index is 3.21. The zero-order valence-corrected chi connectivity index (χ0v) is 6.33. The number of rotatable bonds is 1. The minimum absolute atomic E-state index is 0.194. The first-order valence-corrected chi connectivity index (χ1v) is 3.32. The van der Waals surface area contributed by atoms with Crippen molar-refractivity contribution in [3.8, 4) is 0 Å². The summed E-state index contributed by atoms with van der Waals surface area (Å²) in [5, 5.41) is 0. The normalized spacial score (nSPS) is 9.91. The van der Waals surface area contributed by atoms with E-state index in [4.69, 9.17) is 17.2 Å². The molecule has 0 fully saturated rings. The highest BCUT2D eigenvalue weighted by molar-refractivity contribution is 5.56. The van der Waals surface area contributed by atoms with E-state index in [1.54, 1.807) is 0 Å². The predicted octanol–water partition coefficient (Wildman–Crippen LogP) is -0.214. The van der Waals surface area contributed by atoms with Crippen LogP contribution < -0.4 is 17.2 Å². The fourth-order valence-corrected chi connectivity index (χ4v) is 0.772. The van der Waals surface area contributed by atoms with Crippen molar-refractivity contribution < 1.29 is 0 Å². The lowest BCUT2D eigenvalue weighted by Gasteiger charge is -2.03. The molecule has 0 amide bonds. The molecule has 60 valence electrons. The smallest absolute Gasteiger partial charge is 0.168 e. The minimum atomic E-state index is 0.194. The lowest BCUT2D eigenvalue weighted by molar-refractivity contribution is 1.02. The molecule has 5 nitrogen and oxygen atoms in total. The molecule has 1 aromatic rings. The van der Waals surface area contributed by atoms with Crippen LogP contribution in [0.25, 0.3) is 0 Å². The van der Waals surface area contributed by atoms with Crippen LogP contribution in [0.15, 0.2) is 0 Å². The molecular weight excluding hydrogens is 142 g/mol. The summed E-state index contributed by atoms with van der Waals surface area (Å²) < 4.78 is 0. The van der Waals surface area contributed by atoms with Crippen molar-refractivity contribution in [3.05, 3.63) is 5.69 Å². The van der Waals surface area contributed by atoms with Gasteiger partial charge in [-0.25, -0.2) is 9.97 Å². The van der Waals surface area contributed by atoms with Crippen LogP contribution in [0, 0.1) is 0 Å². The average Bonchev–Trinajstić information content (AvgIpc) is 1.97. The van der Waals surface area contributed by atoms with E-state index in [0.29, 0.717) is 17.9 Å². The monoisotopic (exact) mass is 153 g/mol. The number of aromatic nitrogens is 2. The summed E-state index contributed by atoms with van der Waals surface area (Å²) in [5.41, 5.74) is 17.0. The highest BCUT2D eigenvalue weighted by atomic mass is 15.0. The van der Waals surface area contributed by atoms with Crippen LogP contribution in [-0.4, -0.2) is 9.97 Å². The summed E-state index contributed by atoms with van der Waals surface area (Å²) in [4.78, 5) is 7.77. The van der Waals surface area contributed by atoms with Gasteiger partial charge in [-0.2, -0.15) is 0 Å². The van der Waals surface area contributed by atoms with Gasteiger partial charge in [0, 0.05) is 0 Å². The fourth-order valence-electron chi connectivity index (χ4n) is 0.772. The third kappa shape index (κ3) is 1.31. The Morgan fingerprint density at radius 1 is 1.00 bits per heavy atom. The number of nitrogen functional groups attached to an aromatic ring is 3. The molecule has 0 aliphatic carbocycles. The molecule has 5 heteroatoms. The Labute approximate surface area is 64.6 Å². The molecule has 0 aromatic carbocycles. The predicted molar refractivity (Wildman–Crippen MR) is 44.6 cm³/mol. The van der Waals surface area contributed by atoms with E-state index < -0.39 is 0 Å². The zero-order valence-electron chi connectivity index (χ0n) is 6.33. The van der Waals surface area contributed by atoms with Gasteiger partial charge >= 0.3 is 0 Å². The lowest BCUT2D eigenvalue weighted by atomic mass is 10.3. The Morgan fingerprint density at radius 3 is 2.09 bits per heavy atom. The molecule has 0 spiro atoms. The molecule has 6 N–H and O–H groups in total. The molecule has 0 aliphatic rings. The van der Waals surface area contributed by atoms with E-state index in [-0.39, 0.29) is 11.6 Å². The van der Waals surface area contributed by atoms with Crippen LogP contribution >= 0.6 is 0 Å². The maximum Gasteiger partial charge on any atom is 0.168 e. The summed E-state index contributed by atoms with van der Waals surface area (Å²) in [6, 6.07) is 0. The Bertz CT molecular complexity index is 270. The van der Waals surface area contributed by atoms with Gasteiger partial charge in [-0.05, 0) is 6.42 Å². The molecule has 11 heavy (non-hydrogen) atoms. The van der Waals surface area contributed by atoms with Gasteiger partial charge < -0.3 is 17.2 Å². The largest absolute Gasteiger partial charge is 0.382 e. The molecule has 1 rings (SSSR count). The molecule has 1 heterocycles. The summed E-state index contributed by atoms with van der Waals surface area (Å²) in [6.07, 6.45) is 0.712. The third-order valence-corrected chi connectivity index (χ3v) is 1.39. The molecule has 0 radical (unpaired) electrons. The second kappa shape index (κ2) is 2.61. The third-order valence-electron chi connectivity index (χ3n) is 1.39. The van der Waals surface area contributed by atoms with Crippen molar-refractivity contribution in [2.45, 2.75) is 13.3 Å². The van der Waals surface area contributed by atoms with Crippen LogP contribution in [0.4, 0.5) is 17.5 Å². The Morgan fingerprint density at radius 2 is 1.55 bits per heavy atom. The molecular formula is C6H11N5. The highest BCUT2D eigenvalue weighted by Crippen LogP contribution is 2.13. The van der Waals surface area contributed by atoms with Crippen molar-refractivity contribution in [2.24, 2.45) is 0 Å². The second-order valence-electron chi connectivity index (χ2n) is 2.18. The minimum Gasteiger partial charge on any atom is -0.382 e. The first-order chi connectivity index (χ1) is 5.15. The van der Waals surface area contributed by atoms with E-state index in [1.807, 2.05) is 6.92 Å².